The van der Waals surface area contributed by atoms with Crippen molar-refractivity contribution in [3.05, 3.63) is 33.4 Å². The average Bonchev–Trinajstić information content (AvgIpc) is 3.32. The van der Waals surface area contributed by atoms with Crippen molar-refractivity contribution in [2.24, 2.45) is 0 Å². The number of hydrogen-bond donors (Lipinski definition) is 1. The molecule has 4 rings (SSSR count). The minimum atomic E-state index is -1.29. The fourth-order valence-corrected chi connectivity index (χ4v) is 3.72. The molecule has 1 N–H and O–H groups in total. The number of nitrogens with zero attached hydrogens (tertiary/aromatic N) is 3. The van der Waals surface area contributed by atoms with Crippen LogP contribution in [-0.4, -0.2) is 33.2 Å². The van der Waals surface area contributed by atoms with E-state index in [1.165, 1.54) is 13.1 Å². The molecule has 1 unspecified atom stereocenters. The quantitative estimate of drug-likeness (QED) is 0.926. The number of pyridine rings is 2. The minimum absolute atomic E-state index is 0.0832. The maximum Gasteiger partial charge on any atom is 0.341 e. The number of aryl methyl sites for hydroxylation is 1. The summed E-state index contributed by atoms with van der Waals surface area (Å²) in [7, 11) is 0. The van der Waals surface area contributed by atoms with Crippen LogP contribution >= 0.6 is 0 Å². The number of aromatic carboxylic acids is 1. The molecular formula is C18H20FN3O3. The topological polar surface area (TPSA) is 75.4 Å². The highest BCUT2D eigenvalue weighted by Gasteiger charge is 2.31. The molecule has 0 aromatic carbocycles. The molecule has 25 heavy (non-hydrogen) atoms. The van der Waals surface area contributed by atoms with Crippen LogP contribution in [0.4, 0.5) is 10.2 Å². The van der Waals surface area contributed by atoms with Gasteiger partial charge in [0, 0.05) is 30.4 Å². The molecule has 1 atom stereocenters. The van der Waals surface area contributed by atoms with Gasteiger partial charge in [0.15, 0.2) is 11.6 Å². The molecular weight excluding hydrogens is 325 g/mol. The summed E-state index contributed by atoms with van der Waals surface area (Å²) in [6.45, 7) is 4.31. The van der Waals surface area contributed by atoms with Gasteiger partial charge in [-0.25, -0.2) is 14.2 Å². The molecule has 7 heteroatoms. The number of aromatic nitrogens is 2. The number of carboxylic acids is 1. The highest BCUT2D eigenvalue weighted by Crippen LogP contribution is 2.38. The van der Waals surface area contributed by atoms with E-state index >= 15 is 4.39 Å². The lowest BCUT2D eigenvalue weighted by Crippen LogP contribution is -2.29. The van der Waals surface area contributed by atoms with E-state index < -0.39 is 17.2 Å². The van der Waals surface area contributed by atoms with Crippen molar-refractivity contribution >= 4 is 22.8 Å². The van der Waals surface area contributed by atoms with Crippen LogP contribution in [0.3, 0.4) is 0 Å². The molecule has 0 spiro atoms. The third-order valence-electron chi connectivity index (χ3n) is 5.32. The predicted molar refractivity (Wildman–Crippen MR) is 92.0 cm³/mol. The number of anilines is 1. The van der Waals surface area contributed by atoms with Gasteiger partial charge in [-0.05, 0) is 39.5 Å². The predicted octanol–water partition coefficient (Wildman–Crippen LogP) is 2.87. The van der Waals surface area contributed by atoms with Crippen molar-refractivity contribution in [1.29, 1.82) is 0 Å². The van der Waals surface area contributed by atoms with Gasteiger partial charge in [0.1, 0.15) is 11.2 Å². The zero-order chi connectivity index (χ0) is 17.9. The van der Waals surface area contributed by atoms with E-state index in [2.05, 4.69) is 4.98 Å². The molecule has 1 saturated heterocycles. The third-order valence-corrected chi connectivity index (χ3v) is 5.32. The molecule has 6 nitrogen and oxygen atoms in total. The first-order valence-corrected chi connectivity index (χ1v) is 8.65. The van der Waals surface area contributed by atoms with E-state index in [0.29, 0.717) is 5.65 Å². The zero-order valence-electron chi connectivity index (χ0n) is 14.3. The molecule has 3 heterocycles. The highest BCUT2D eigenvalue weighted by molar-refractivity contribution is 5.93. The van der Waals surface area contributed by atoms with E-state index in [1.54, 1.807) is 4.57 Å². The lowest BCUT2D eigenvalue weighted by atomic mass is 10.1. The van der Waals surface area contributed by atoms with E-state index in [9.17, 15) is 14.7 Å². The fraction of sp³-hybridized carbons (Fsp3) is 0.500. The van der Waals surface area contributed by atoms with Crippen LogP contribution < -0.4 is 10.3 Å². The fourth-order valence-electron chi connectivity index (χ4n) is 3.72. The molecule has 1 aliphatic heterocycles. The maximum atomic E-state index is 15.0. The summed E-state index contributed by atoms with van der Waals surface area (Å²) in [5.74, 6) is -1.55. The molecule has 2 aliphatic rings. The Kier molecular flexibility index (Phi) is 3.56. The standard InChI is InChI=1S/C18H20FN3O3/c1-9-4-3-7-21(9)17-14(19)10(2)13-15(23)12(18(24)25)8-22(11-5-6-11)16(13)20-17/h8-9,11H,3-7H2,1-2H3,(H,24,25). The van der Waals surface area contributed by atoms with Crippen molar-refractivity contribution in [3.63, 3.8) is 0 Å². The molecule has 1 aliphatic carbocycles. The number of hydrogen-bond acceptors (Lipinski definition) is 4. The van der Waals surface area contributed by atoms with Gasteiger partial charge in [-0.15, -0.1) is 0 Å². The normalized spacial score (nSPS) is 20.4. The van der Waals surface area contributed by atoms with Gasteiger partial charge in [-0.2, -0.15) is 0 Å². The molecule has 1 saturated carbocycles. The molecule has 0 amide bonds. The first-order valence-electron chi connectivity index (χ1n) is 8.65. The van der Waals surface area contributed by atoms with Crippen molar-refractivity contribution in [3.8, 4) is 0 Å². The summed E-state index contributed by atoms with van der Waals surface area (Å²) in [6, 6.07) is 0.320. The van der Waals surface area contributed by atoms with Crippen molar-refractivity contribution in [1.82, 2.24) is 9.55 Å². The first kappa shape index (κ1) is 16.1. The van der Waals surface area contributed by atoms with Crippen LogP contribution in [0.25, 0.3) is 11.0 Å². The molecule has 2 fully saturated rings. The number of rotatable bonds is 3. The highest BCUT2D eigenvalue weighted by atomic mass is 19.1. The van der Waals surface area contributed by atoms with E-state index in [1.807, 2.05) is 11.8 Å². The molecule has 0 radical (unpaired) electrons. The lowest BCUT2D eigenvalue weighted by Gasteiger charge is -2.25. The Labute approximate surface area is 143 Å². The summed E-state index contributed by atoms with van der Waals surface area (Å²) in [5.41, 5.74) is -0.414. The van der Waals surface area contributed by atoms with Gasteiger partial charge in [0.2, 0.25) is 5.43 Å². The smallest absolute Gasteiger partial charge is 0.341 e. The largest absolute Gasteiger partial charge is 0.477 e. The van der Waals surface area contributed by atoms with Crippen LogP contribution in [0.5, 0.6) is 0 Å². The second kappa shape index (κ2) is 5.54. The van der Waals surface area contributed by atoms with Crippen LogP contribution in [0, 0.1) is 12.7 Å². The third kappa shape index (κ3) is 2.41. The SMILES string of the molecule is Cc1c(F)c(N2CCCC2C)nc2c1c(=O)c(C(=O)O)cn2C1CC1. The van der Waals surface area contributed by atoms with Crippen LogP contribution in [0.1, 0.15) is 54.6 Å². The summed E-state index contributed by atoms with van der Waals surface area (Å²) >= 11 is 0. The molecule has 2 aromatic heterocycles. The van der Waals surface area contributed by atoms with Crippen molar-refractivity contribution in [2.45, 2.75) is 51.6 Å². The zero-order valence-corrected chi connectivity index (χ0v) is 14.3. The minimum Gasteiger partial charge on any atom is -0.477 e. The number of halogens is 1. The van der Waals surface area contributed by atoms with Gasteiger partial charge in [0.25, 0.3) is 0 Å². The van der Waals surface area contributed by atoms with Crippen molar-refractivity contribution < 1.29 is 14.3 Å². The van der Waals surface area contributed by atoms with Gasteiger partial charge in [-0.3, -0.25) is 4.79 Å². The summed E-state index contributed by atoms with van der Waals surface area (Å²) in [6.07, 6.45) is 5.14. The second-order valence-electron chi connectivity index (χ2n) is 7.07. The van der Waals surface area contributed by atoms with E-state index in [0.717, 1.165) is 32.2 Å². The number of carboxylic acid groups (broad SMARTS) is 1. The average molecular weight is 345 g/mol. The summed E-state index contributed by atoms with van der Waals surface area (Å²) < 4.78 is 16.8. The molecule has 2 aromatic rings. The van der Waals surface area contributed by atoms with Gasteiger partial charge in [-0.1, -0.05) is 0 Å². The number of fused-ring (bicyclic) bond motifs is 1. The Morgan fingerprint density at radius 2 is 2.08 bits per heavy atom. The van der Waals surface area contributed by atoms with E-state index in [4.69, 9.17) is 0 Å². The Hall–Kier alpha value is -2.44. The van der Waals surface area contributed by atoms with Crippen molar-refractivity contribution in [2.75, 3.05) is 11.4 Å². The van der Waals surface area contributed by atoms with Crippen LogP contribution in [0.2, 0.25) is 0 Å². The molecule has 0 bridgehead atoms. The van der Waals surface area contributed by atoms with Gasteiger partial charge >= 0.3 is 5.97 Å². The van der Waals surface area contributed by atoms with E-state index in [-0.39, 0.29) is 34.4 Å². The van der Waals surface area contributed by atoms with Gasteiger partial charge < -0.3 is 14.6 Å². The van der Waals surface area contributed by atoms with Crippen LogP contribution in [0.15, 0.2) is 11.0 Å². The molecule has 132 valence electrons. The Morgan fingerprint density at radius 1 is 1.36 bits per heavy atom. The Balaban J connectivity index is 2.06. The lowest BCUT2D eigenvalue weighted by molar-refractivity contribution is 0.0695. The second-order valence-corrected chi connectivity index (χ2v) is 7.07. The van der Waals surface area contributed by atoms with Crippen LogP contribution in [-0.2, 0) is 0 Å². The summed E-state index contributed by atoms with van der Waals surface area (Å²) in [5, 5.41) is 9.42. The summed E-state index contributed by atoms with van der Waals surface area (Å²) in [4.78, 5) is 30.5. The van der Waals surface area contributed by atoms with Gasteiger partial charge in [0.05, 0.1) is 5.39 Å². The maximum absolute atomic E-state index is 15.0. The Bertz CT molecular complexity index is 949. The monoisotopic (exact) mass is 345 g/mol. The Morgan fingerprint density at radius 3 is 2.64 bits per heavy atom. The number of carbonyl (C=O) groups is 1. The first-order chi connectivity index (χ1) is 11.9.